The third-order valence-electron chi connectivity index (χ3n) is 2.75. The first kappa shape index (κ1) is 15.1. The molecule has 1 rings (SSSR count). The number of ether oxygens (including phenoxy) is 1. The molecular formula is C8H15N3O7. The van der Waals surface area contributed by atoms with Crippen LogP contribution in [0.4, 0.5) is 0 Å². The van der Waals surface area contributed by atoms with Crippen molar-refractivity contribution >= 4 is 0 Å². The zero-order valence-corrected chi connectivity index (χ0v) is 9.23. The number of aliphatic hydroxyl groups is 6. The van der Waals surface area contributed by atoms with E-state index in [4.69, 9.17) is 5.53 Å². The van der Waals surface area contributed by atoms with Gasteiger partial charge in [-0.2, -0.15) is 0 Å². The van der Waals surface area contributed by atoms with Crippen molar-refractivity contribution in [1.82, 2.24) is 0 Å². The summed E-state index contributed by atoms with van der Waals surface area (Å²) in [5.74, 6) is -2.66. The summed E-state index contributed by atoms with van der Waals surface area (Å²) in [6.07, 6.45) is -8.94. The molecular weight excluding hydrogens is 250 g/mol. The van der Waals surface area contributed by atoms with Crippen molar-refractivity contribution in [2.75, 3.05) is 13.2 Å². The third-order valence-corrected chi connectivity index (χ3v) is 2.75. The van der Waals surface area contributed by atoms with E-state index in [1.807, 2.05) is 0 Å². The fourth-order valence-electron chi connectivity index (χ4n) is 1.61. The van der Waals surface area contributed by atoms with Gasteiger partial charge in [0.15, 0.2) is 0 Å². The minimum absolute atomic E-state index is 0.542. The zero-order valence-electron chi connectivity index (χ0n) is 9.23. The molecule has 6 atom stereocenters. The van der Waals surface area contributed by atoms with Gasteiger partial charge in [0, 0.05) is 4.91 Å². The Kier molecular flexibility index (Phi) is 4.85. The highest BCUT2D eigenvalue weighted by atomic mass is 16.7. The lowest BCUT2D eigenvalue weighted by atomic mass is 9.90. The van der Waals surface area contributed by atoms with Crippen LogP contribution in [0.5, 0.6) is 0 Å². The average Bonchev–Trinajstić information content (AvgIpc) is 2.37. The van der Waals surface area contributed by atoms with E-state index < -0.39 is 49.5 Å². The minimum Gasteiger partial charge on any atom is -0.390 e. The first-order valence-corrected chi connectivity index (χ1v) is 5.12. The molecule has 1 aliphatic rings. The Morgan fingerprint density at radius 2 is 2.00 bits per heavy atom. The quantitative estimate of drug-likeness (QED) is 0.176. The lowest BCUT2D eigenvalue weighted by Gasteiger charge is -2.44. The summed E-state index contributed by atoms with van der Waals surface area (Å²) in [6, 6.07) is 0. The highest BCUT2D eigenvalue weighted by Crippen LogP contribution is 2.28. The van der Waals surface area contributed by atoms with Gasteiger partial charge in [-0.25, -0.2) is 0 Å². The summed E-state index contributed by atoms with van der Waals surface area (Å²) in [6.45, 7) is -1.10. The molecule has 0 saturated carbocycles. The molecule has 1 fully saturated rings. The highest BCUT2D eigenvalue weighted by Gasteiger charge is 2.54. The zero-order chi connectivity index (χ0) is 13.9. The predicted molar refractivity (Wildman–Crippen MR) is 54.9 cm³/mol. The van der Waals surface area contributed by atoms with E-state index in [1.54, 1.807) is 0 Å². The van der Waals surface area contributed by atoms with Gasteiger partial charge in [-0.1, -0.05) is 5.11 Å². The molecule has 1 heterocycles. The normalized spacial score (nSPS) is 39.8. The van der Waals surface area contributed by atoms with Gasteiger partial charge in [0.25, 0.3) is 0 Å². The van der Waals surface area contributed by atoms with E-state index in [0.717, 1.165) is 0 Å². The summed E-state index contributed by atoms with van der Waals surface area (Å²) in [4.78, 5) is 2.35. The Hall–Kier alpha value is -0.970. The molecule has 0 bridgehead atoms. The van der Waals surface area contributed by atoms with Crippen LogP contribution >= 0.6 is 0 Å². The predicted octanol–water partition coefficient (Wildman–Crippen LogP) is -3.18. The monoisotopic (exact) mass is 265 g/mol. The van der Waals surface area contributed by atoms with Crippen molar-refractivity contribution < 1.29 is 35.4 Å². The van der Waals surface area contributed by atoms with Crippen molar-refractivity contribution in [3.05, 3.63) is 10.4 Å². The smallest absolute Gasteiger partial charge is 0.224 e. The maximum absolute atomic E-state index is 9.88. The van der Waals surface area contributed by atoms with Crippen LogP contribution < -0.4 is 0 Å². The Labute approximate surface area is 101 Å². The number of hydrogen-bond donors (Lipinski definition) is 6. The SMILES string of the molecule is [N-]=[N+]=NC[C@H](O)[C@@H](O)[C@@]1(O)OC[C@H](O)[C@@H](O)[C@@H]1O. The molecule has 0 spiro atoms. The highest BCUT2D eigenvalue weighted by molar-refractivity contribution is 4.98. The molecule has 0 aliphatic carbocycles. The molecule has 1 saturated heterocycles. The number of azide groups is 1. The van der Waals surface area contributed by atoms with Gasteiger partial charge >= 0.3 is 0 Å². The summed E-state index contributed by atoms with van der Waals surface area (Å²) in [5, 5.41) is 60.0. The lowest BCUT2D eigenvalue weighted by molar-refractivity contribution is -0.360. The third kappa shape index (κ3) is 2.71. The van der Waals surface area contributed by atoms with Crippen LogP contribution in [0.2, 0.25) is 0 Å². The van der Waals surface area contributed by atoms with Crippen LogP contribution in [0.15, 0.2) is 5.11 Å². The number of aliphatic hydroxyl groups excluding tert-OH is 5. The largest absolute Gasteiger partial charge is 0.390 e. The molecule has 18 heavy (non-hydrogen) atoms. The summed E-state index contributed by atoms with van der Waals surface area (Å²) in [5.41, 5.74) is 8.05. The minimum atomic E-state index is -2.66. The number of rotatable bonds is 4. The standard InChI is InChI=1S/C8H15N3O7/c9-11-10-1-3(12)6(15)8(17)7(16)5(14)4(13)2-18-8/h3-7,12-17H,1-2H2/t3-,4-,5+,6+,7-,8+/m0/s1. The molecule has 0 amide bonds. The summed E-state index contributed by atoms with van der Waals surface area (Å²) >= 11 is 0. The van der Waals surface area contributed by atoms with Crippen molar-refractivity contribution in [3.63, 3.8) is 0 Å². The van der Waals surface area contributed by atoms with Crippen molar-refractivity contribution in [3.8, 4) is 0 Å². The van der Waals surface area contributed by atoms with Crippen LogP contribution in [0.3, 0.4) is 0 Å². The molecule has 6 N–H and O–H groups in total. The van der Waals surface area contributed by atoms with Gasteiger partial charge in [0.2, 0.25) is 5.79 Å². The van der Waals surface area contributed by atoms with Gasteiger partial charge < -0.3 is 35.4 Å². The average molecular weight is 265 g/mol. The Morgan fingerprint density at radius 3 is 2.56 bits per heavy atom. The fourth-order valence-corrected chi connectivity index (χ4v) is 1.61. The Morgan fingerprint density at radius 1 is 1.39 bits per heavy atom. The van der Waals surface area contributed by atoms with E-state index in [1.165, 1.54) is 0 Å². The lowest BCUT2D eigenvalue weighted by Crippen LogP contribution is -2.68. The van der Waals surface area contributed by atoms with Gasteiger partial charge in [0.1, 0.15) is 24.4 Å². The topological polar surface area (TPSA) is 179 Å². The van der Waals surface area contributed by atoms with Gasteiger partial charge in [-0.3, -0.25) is 0 Å². The first-order valence-electron chi connectivity index (χ1n) is 5.12. The maximum atomic E-state index is 9.88. The van der Waals surface area contributed by atoms with E-state index in [0.29, 0.717) is 0 Å². The first-order chi connectivity index (χ1) is 8.34. The molecule has 0 aromatic carbocycles. The molecule has 0 radical (unpaired) electrons. The van der Waals surface area contributed by atoms with E-state index in [2.05, 4.69) is 14.8 Å². The van der Waals surface area contributed by atoms with Crippen LogP contribution in [-0.4, -0.2) is 80.1 Å². The number of hydrogen-bond acceptors (Lipinski definition) is 8. The van der Waals surface area contributed by atoms with Crippen molar-refractivity contribution in [2.24, 2.45) is 5.11 Å². The summed E-state index contributed by atoms with van der Waals surface area (Å²) < 4.78 is 4.67. The molecule has 0 unspecified atom stereocenters. The van der Waals surface area contributed by atoms with Gasteiger partial charge in [0.05, 0.1) is 19.3 Å². The second kappa shape index (κ2) is 5.78. The maximum Gasteiger partial charge on any atom is 0.224 e. The Bertz CT molecular complexity index is 337. The van der Waals surface area contributed by atoms with Crippen LogP contribution in [0.1, 0.15) is 0 Å². The van der Waals surface area contributed by atoms with E-state index in [-0.39, 0.29) is 0 Å². The molecule has 0 aromatic rings. The van der Waals surface area contributed by atoms with Crippen molar-refractivity contribution in [1.29, 1.82) is 0 Å². The molecule has 0 aromatic heterocycles. The second-order valence-electron chi connectivity index (χ2n) is 3.99. The van der Waals surface area contributed by atoms with Gasteiger partial charge in [-0.15, -0.1) is 0 Å². The number of nitrogens with zero attached hydrogens (tertiary/aromatic N) is 3. The molecule has 104 valence electrons. The van der Waals surface area contributed by atoms with Crippen LogP contribution in [0.25, 0.3) is 10.4 Å². The molecule has 10 nitrogen and oxygen atoms in total. The Balaban J connectivity index is 2.81. The van der Waals surface area contributed by atoms with Crippen LogP contribution in [0, 0.1) is 0 Å². The summed E-state index contributed by atoms with van der Waals surface area (Å²) in [7, 11) is 0. The van der Waals surface area contributed by atoms with E-state index >= 15 is 0 Å². The fraction of sp³-hybridized carbons (Fsp3) is 1.00. The van der Waals surface area contributed by atoms with Crippen molar-refractivity contribution in [2.45, 2.75) is 36.3 Å². The molecule has 10 heteroatoms. The van der Waals surface area contributed by atoms with Crippen LogP contribution in [-0.2, 0) is 4.74 Å². The second-order valence-corrected chi connectivity index (χ2v) is 3.99. The van der Waals surface area contributed by atoms with E-state index in [9.17, 15) is 30.6 Å². The van der Waals surface area contributed by atoms with Gasteiger partial charge in [-0.05, 0) is 5.53 Å². The molecule has 1 aliphatic heterocycles.